The highest BCUT2D eigenvalue weighted by atomic mass is 32.2. The van der Waals surface area contributed by atoms with Crippen LogP contribution in [0.3, 0.4) is 0 Å². The van der Waals surface area contributed by atoms with Gasteiger partial charge in [0.05, 0.1) is 13.2 Å². The summed E-state index contributed by atoms with van der Waals surface area (Å²) in [6.45, 7) is 0.420. The summed E-state index contributed by atoms with van der Waals surface area (Å²) in [5.74, 6) is -1.00. The summed E-state index contributed by atoms with van der Waals surface area (Å²) in [7, 11) is -4.04. The number of amides is 1. The molecule has 0 unspecified atom stereocenters. The molecule has 1 aliphatic heterocycles. The number of hydrogen-bond donors (Lipinski definition) is 2. The van der Waals surface area contributed by atoms with Gasteiger partial charge in [-0.3, -0.25) is 4.79 Å². The van der Waals surface area contributed by atoms with Crippen molar-refractivity contribution >= 4 is 21.6 Å². The van der Waals surface area contributed by atoms with Gasteiger partial charge in [0.15, 0.2) is 6.61 Å². The van der Waals surface area contributed by atoms with Gasteiger partial charge in [0, 0.05) is 18.8 Å². The third-order valence-electron chi connectivity index (χ3n) is 4.01. The second-order valence-corrected chi connectivity index (χ2v) is 7.90. The molecule has 1 fully saturated rings. The number of morpholine rings is 1. The van der Waals surface area contributed by atoms with Gasteiger partial charge in [-0.15, -0.1) is 0 Å². The number of sulfonamides is 1. The Kier molecular flexibility index (Phi) is 6.12. The molecule has 8 nitrogen and oxygen atoms in total. The first-order chi connectivity index (χ1) is 13.4. The maximum Gasteiger partial charge on any atom is 0.262 e. The summed E-state index contributed by atoms with van der Waals surface area (Å²) in [6.07, 6.45) is 0. The number of hydrogen-bond acceptors (Lipinski definition) is 6. The van der Waals surface area contributed by atoms with Crippen molar-refractivity contribution in [2.24, 2.45) is 0 Å². The van der Waals surface area contributed by atoms with Crippen molar-refractivity contribution < 1.29 is 32.2 Å². The quantitative estimate of drug-likeness (QED) is 0.749. The Labute approximate surface area is 161 Å². The maximum absolute atomic E-state index is 14.2. The summed E-state index contributed by atoms with van der Waals surface area (Å²) in [4.78, 5) is 11.5. The van der Waals surface area contributed by atoms with Gasteiger partial charge in [-0.05, 0) is 42.5 Å². The van der Waals surface area contributed by atoms with Crippen LogP contribution in [0.25, 0.3) is 0 Å². The summed E-state index contributed by atoms with van der Waals surface area (Å²) in [5.41, 5.74) is 0.132. The SMILES string of the molecule is O=C(COc1ccc(O)cc1)Nc1ccc(F)c(S(=O)(=O)N2CCOCC2)c1. The molecule has 1 saturated heterocycles. The van der Waals surface area contributed by atoms with Crippen LogP contribution in [0.1, 0.15) is 0 Å². The van der Waals surface area contributed by atoms with Crippen LogP contribution in [-0.2, 0) is 19.6 Å². The molecule has 0 saturated carbocycles. The van der Waals surface area contributed by atoms with Gasteiger partial charge in [-0.25, -0.2) is 12.8 Å². The molecule has 2 aromatic rings. The van der Waals surface area contributed by atoms with Gasteiger partial charge >= 0.3 is 0 Å². The number of phenolic OH excluding ortho intramolecular Hbond substituents is 1. The van der Waals surface area contributed by atoms with Crippen molar-refractivity contribution in [2.75, 3.05) is 38.2 Å². The minimum Gasteiger partial charge on any atom is -0.508 e. The van der Waals surface area contributed by atoms with E-state index >= 15 is 0 Å². The predicted octanol–water partition coefficient (Wildman–Crippen LogP) is 1.57. The first-order valence-electron chi connectivity index (χ1n) is 8.45. The standard InChI is InChI=1S/C18H19FN2O6S/c19-16-6-1-13(11-17(16)28(24,25)21-7-9-26-10-8-21)20-18(23)12-27-15-4-2-14(22)3-5-15/h1-6,11,22H,7-10,12H2,(H,20,23). The zero-order valence-electron chi connectivity index (χ0n) is 14.8. The first kappa shape index (κ1) is 20.1. The minimum atomic E-state index is -4.04. The number of ether oxygens (including phenoxy) is 2. The second-order valence-electron chi connectivity index (χ2n) is 5.99. The van der Waals surface area contributed by atoms with E-state index in [-0.39, 0.29) is 44.3 Å². The first-order valence-corrected chi connectivity index (χ1v) is 9.89. The van der Waals surface area contributed by atoms with Crippen LogP contribution < -0.4 is 10.1 Å². The number of anilines is 1. The number of phenols is 1. The van der Waals surface area contributed by atoms with Crippen LogP contribution in [-0.4, -0.2) is 56.6 Å². The maximum atomic E-state index is 14.2. The molecule has 3 rings (SSSR count). The van der Waals surface area contributed by atoms with Gasteiger partial charge in [0.2, 0.25) is 10.0 Å². The monoisotopic (exact) mass is 410 g/mol. The van der Waals surface area contributed by atoms with Crippen molar-refractivity contribution in [1.29, 1.82) is 0 Å². The highest BCUT2D eigenvalue weighted by Gasteiger charge is 2.29. The van der Waals surface area contributed by atoms with Crippen molar-refractivity contribution in [3.8, 4) is 11.5 Å². The highest BCUT2D eigenvalue weighted by Crippen LogP contribution is 2.24. The van der Waals surface area contributed by atoms with E-state index in [4.69, 9.17) is 9.47 Å². The van der Waals surface area contributed by atoms with E-state index in [1.807, 2.05) is 0 Å². The Morgan fingerprint density at radius 2 is 1.86 bits per heavy atom. The van der Waals surface area contributed by atoms with Gasteiger partial charge in [-0.1, -0.05) is 0 Å². The largest absolute Gasteiger partial charge is 0.508 e. The molecule has 1 heterocycles. The van der Waals surface area contributed by atoms with Crippen molar-refractivity contribution in [2.45, 2.75) is 4.90 Å². The smallest absolute Gasteiger partial charge is 0.262 e. The zero-order valence-corrected chi connectivity index (χ0v) is 15.6. The van der Waals surface area contributed by atoms with Gasteiger partial charge in [0.1, 0.15) is 22.2 Å². The van der Waals surface area contributed by atoms with Crippen LogP contribution in [0.4, 0.5) is 10.1 Å². The van der Waals surface area contributed by atoms with Crippen LogP contribution in [0.5, 0.6) is 11.5 Å². The van der Waals surface area contributed by atoms with Gasteiger partial charge < -0.3 is 19.9 Å². The molecule has 2 aromatic carbocycles. The predicted molar refractivity (Wildman–Crippen MR) is 98.2 cm³/mol. The summed E-state index contributed by atoms with van der Waals surface area (Å²) in [5, 5.41) is 11.7. The third-order valence-corrected chi connectivity index (χ3v) is 5.92. The lowest BCUT2D eigenvalue weighted by Crippen LogP contribution is -2.40. The Morgan fingerprint density at radius 1 is 1.18 bits per heavy atom. The molecule has 150 valence electrons. The third kappa shape index (κ3) is 4.77. The molecule has 0 atom stereocenters. The lowest BCUT2D eigenvalue weighted by Gasteiger charge is -2.26. The van der Waals surface area contributed by atoms with Gasteiger partial charge in [-0.2, -0.15) is 4.31 Å². The van der Waals surface area contributed by atoms with Crippen molar-refractivity contribution in [3.63, 3.8) is 0 Å². The number of benzene rings is 2. The van der Waals surface area contributed by atoms with E-state index in [2.05, 4.69) is 5.32 Å². The number of nitrogens with zero attached hydrogens (tertiary/aromatic N) is 1. The molecular weight excluding hydrogens is 391 g/mol. The summed E-state index contributed by atoms with van der Waals surface area (Å²) >= 11 is 0. The number of carbonyl (C=O) groups is 1. The minimum absolute atomic E-state index is 0.0668. The van der Waals surface area contributed by atoms with Crippen molar-refractivity contribution in [3.05, 3.63) is 48.3 Å². The second kappa shape index (κ2) is 8.55. The zero-order chi connectivity index (χ0) is 20.1. The van der Waals surface area contributed by atoms with E-state index < -0.39 is 26.6 Å². The molecule has 1 amide bonds. The molecule has 2 N–H and O–H groups in total. The Balaban J connectivity index is 1.68. The number of aromatic hydroxyl groups is 1. The Bertz CT molecular complexity index is 943. The molecular formula is C18H19FN2O6S. The fourth-order valence-electron chi connectivity index (χ4n) is 2.59. The topological polar surface area (TPSA) is 105 Å². The van der Waals surface area contributed by atoms with Crippen LogP contribution in [0.2, 0.25) is 0 Å². The lowest BCUT2D eigenvalue weighted by atomic mass is 10.3. The normalized spacial score (nSPS) is 15.2. The van der Waals surface area contributed by atoms with E-state index in [1.165, 1.54) is 30.3 Å². The highest BCUT2D eigenvalue weighted by molar-refractivity contribution is 7.89. The Morgan fingerprint density at radius 3 is 2.54 bits per heavy atom. The molecule has 0 bridgehead atoms. The average molecular weight is 410 g/mol. The molecule has 10 heteroatoms. The lowest BCUT2D eigenvalue weighted by molar-refractivity contribution is -0.118. The Hall–Kier alpha value is -2.69. The van der Waals surface area contributed by atoms with E-state index in [0.717, 1.165) is 16.4 Å². The summed E-state index contributed by atoms with van der Waals surface area (Å²) in [6, 6.07) is 9.15. The number of nitrogens with one attached hydrogen (secondary N) is 1. The fourth-order valence-corrected chi connectivity index (χ4v) is 4.09. The molecule has 0 spiro atoms. The number of rotatable bonds is 6. The van der Waals surface area contributed by atoms with Gasteiger partial charge in [0.25, 0.3) is 5.91 Å². The van der Waals surface area contributed by atoms with E-state index in [9.17, 15) is 22.7 Å². The molecule has 28 heavy (non-hydrogen) atoms. The fraction of sp³-hybridized carbons (Fsp3) is 0.278. The van der Waals surface area contributed by atoms with Crippen LogP contribution in [0.15, 0.2) is 47.4 Å². The number of halogens is 1. The molecule has 0 aliphatic carbocycles. The molecule has 1 aliphatic rings. The average Bonchev–Trinajstić information content (AvgIpc) is 2.69. The van der Waals surface area contributed by atoms with Crippen LogP contribution in [0, 0.1) is 5.82 Å². The van der Waals surface area contributed by atoms with Crippen molar-refractivity contribution in [1.82, 2.24) is 4.31 Å². The molecule has 0 radical (unpaired) electrons. The van der Waals surface area contributed by atoms with Crippen LogP contribution >= 0.6 is 0 Å². The number of carbonyl (C=O) groups excluding carboxylic acids is 1. The van der Waals surface area contributed by atoms with E-state index in [0.29, 0.717) is 5.75 Å². The van der Waals surface area contributed by atoms with E-state index in [1.54, 1.807) is 0 Å². The molecule has 0 aromatic heterocycles. The summed E-state index contributed by atoms with van der Waals surface area (Å²) < 4.78 is 51.0.